The third-order valence-electron chi connectivity index (χ3n) is 2.62. The van der Waals surface area contributed by atoms with Gasteiger partial charge >= 0.3 is 5.69 Å². The van der Waals surface area contributed by atoms with Gasteiger partial charge in [-0.15, -0.1) is 0 Å². The SMILES string of the molecule is CCc1cn([C@H]2CO[C@@H](CO)O2)c(=O)[nH]c1=O. The van der Waals surface area contributed by atoms with Crippen LogP contribution in [0.1, 0.15) is 18.7 Å². The maximum atomic E-state index is 11.6. The van der Waals surface area contributed by atoms with E-state index in [4.69, 9.17) is 14.6 Å². The molecule has 1 aromatic heterocycles. The van der Waals surface area contributed by atoms with E-state index in [1.165, 1.54) is 10.8 Å². The number of nitrogens with zero attached hydrogens (tertiary/aromatic N) is 1. The van der Waals surface area contributed by atoms with Crippen LogP contribution < -0.4 is 11.2 Å². The molecule has 0 unspecified atom stereocenters. The zero-order chi connectivity index (χ0) is 12.4. The Morgan fingerprint density at radius 3 is 2.94 bits per heavy atom. The van der Waals surface area contributed by atoms with E-state index in [9.17, 15) is 9.59 Å². The van der Waals surface area contributed by atoms with Gasteiger partial charge in [-0.05, 0) is 6.42 Å². The molecule has 17 heavy (non-hydrogen) atoms. The summed E-state index contributed by atoms with van der Waals surface area (Å²) in [6, 6.07) is 0. The van der Waals surface area contributed by atoms with Crippen molar-refractivity contribution in [3.05, 3.63) is 32.6 Å². The molecule has 0 aromatic carbocycles. The normalized spacial score (nSPS) is 24.1. The standard InChI is InChI=1S/C10H14N2O5/c1-2-6-3-12(10(15)11-9(6)14)7-5-16-8(4-13)17-7/h3,7-8,13H,2,4-5H2,1H3,(H,11,14,15)/t7-,8-/m1/s1. The Morgan fingerprint density at radius 2 is 2.35 bits per heavy atom. The van der Waals surface area contributed by atoms with Crippen molar-refractivity contribution < 1.29 is 14.6 Å². The van der Waals surface area contributed by atoms with Crippen molar-refractivity contribution in [1.29, 1.82) is 0 Å². The first-order valence-electron chi connectivity index (χ1n) is 5.38. The van der Waals surface area contributed by atoms with Crippen LogP contribution in [0.25, 0.3) is 0 Å². The van der Waals surface area contributed by atoms with Gasteiger partial charge < -0.3 is 14.6 Å². The highest BCUT2D eigenvalue weighted by atomic mass is 16.7. The highest BCUT2D eigenvalue weighted by Crippen LogP contribution is 2.18. The molecular formula is C10H14N2O5. The predicted molar refractivity (Wildman–Crippen MR) is 57.6 cm³/mol. The molecule has 0 spiro atoms. The summed E-state index contributed by atoms with van der Waals surface area (Å²) >= 11 is 0. The maximum absolute atomic E-state index is 11.6. The molecule has 0 bridgehead atoms. The number of aliphatic hydroxyl groups excluding tert-OH is 1. The summed E-state index contributed by atoms with van der Waals surface area (Å²) in [4.78, 5) is 25.2. The Balaban J connectivity index is 2.33. The minimum absolute atomic E-state index is 0.167. The van der Waals surface area contributed by atoms with Gasteiger partial charge in [0.15, 0.2) is 12.5 Å². The zero-order valence-electron chi connectivity index (χ0n) is 9.38. The highest BCUT2D eigenvalue weighted by molar-refractivity contribution is 5.04. The first kappa shape index (κ1) is 12.0. The summed E-state index contributed by atoms with van der Waals surface area (Å²) in [5, 5.41) is 8.85. The van der Waals surface area contributed by atoms with E-state index >= 15 is 0 Å². The van der Waals surface area contributed by atoms with Crippen LogP contribution in [0.4, 0.5) is 0 Å². The predicted octanol–water partition coefficient (Wildman–Crippen LogP) is -1.04. The molecule has 94 valence electrons. The zero-order valence-corrected chi connectivity index (χ0v) is 9.38. The highest BCUT2D eigenvalue weighted by Gasteiger charge is 2.27. The average molecular weight is 242 g/mol. The van der Waals surface area contributed by atoms with Crippen molar-refractivity contribution in [2.45, 2.75) is 25.9 Å². The minimum Gasteiger partial charge on any atom is -0.391 e. The van der Waals surface area contributed by atoms with Crippen LogP contribution in [-0.2, 0) is 15.9 Å². The summed E-state index contributed by atoms with van der Waals surface area (Å²) in [5.41, 5.74) is -0.425. The van der Waals surface area contributed by atoms with Crippen LogP contribution in [0.5, 0.6) is 0 Å². The molecule has 1 saturated heterocycles. The van der Waals surface area contributed by atoms with Crippen molar-refractivity contribution >= 4 is 0 Å². The topological polar surface area (TPSA) is 93.6 Å². The molecule has 2 heterocycles. The van der Waals surface area contributed by atoms with Crippen molar-refractivity contribution in [2.24, 2.45) is 0 Å². The number of ether oxygens (including phenoxy) is 2. The van der Waals surface area contributed by atoms with E-state index in [1.807, 2.05) is 6.92 Å². The maximum Gasteiger partial charge on any atom is 0.330 e. The largest absolute Gasteiger partial charge is 0.391 e. The first-order valence-corrected chi connectivity index (χ1v) is 5.38. The third-order valence-corrected chi connectivity index (χ3v) is 2.62. The molecule has 1 aromatic rings. The van der Waals surface area contributed by atoms with Gasteiger partial charge in [-0.3, -0.25) is 14.3 Å². The second-order valence-corrected chi connectivity index (χ2v) is 3.71. The van der Waals surface area contributed by atoms with Crippen LogP contribution in [0.15, 0.2) is 15.8 Å². The lowest BCUT2D eigenvalue weighted by Crippen LogP contribution is -2.34. The lowest BCUT2D eigenvalue weighted by molar-refractivity contribution is -0.0993. The molecule has 0 saturated carbocycles. The molecular weight excluding hydrogens is 228 g/mol. The monoisotopic (exact) mass is 242 g/mol. The molecule has 2 N–H and O–H groups in total. The van der Waals surface area contributed by atoms with Crippen LogP contribution in [-0.4, -0.2) is 34.2 Å². The summed E-state index contributed by atoms with van der Waals surface area (Å²) in [6.45, 7) is 1.72. The summed E-state index contributed by atoms with van der Waals surface area (Å²) in [5.74, 6) is 0. The number of nitrogens with one attached hydrogen (secondary N) is 1. The molecule has 1 aliphatic heterocycles. The second kappa shape index (κ2) is 4.82. The lowest BCUT2D eigenvalue weighted by Gasteiger charge is -2.13. The Morgan fingerprint density at radius 1 is 1.59 bits per heavy atom. The average Bonchev–Trinajstić information content (AvgIpc) is 2.78. The first-order chi connectivity index (χ1) is 8.15. The fraction of sp³-hybridized carbons (Fsp3) is 0.600. The van der Waals surface area contributed by atoms with Crippen molar-refractivity contribution in [3.63, 3.8) is 0 Å². The molecule has 2 rings (SSSR count). The van der Waals surface area contributed by atoms with Crippen LogP contribution in [0.3, 0.4) is 0 Å². The Hall–Kier alpha value is -1.44. The van der Waals surface area contributed by atoms with Gasteiger partial charge in [0, 0.05) is 11.8 Å². The van der Waals surface area contributed by atoms with Gasteiger partial charge in [-0.25, -0.2) is 4.79 Å². The van der Waals surface area contributed by atoms with E-state index in [-0.39, 0.29) is 18.8 Å². The van der Waals surface area contributed by atoms with Gasteiger partial charge in [-0.1, -0.05) is 6.92 Å². The van der Waals surface area contributed by atoms with Gasteiger partial charge in [0.25, 0.3) is 5.56 Å². The Bertz CT molecular complexity index is 506. The smallest absolute Gasteiger partial charge is 0.330 e. The molecule has 1 fully saturated rings. The molecule has 0 radical (unpaired) electrons. The quantitative estimate of drug-likeness (QED) is 0.706. The molecule has 7 heteroatoms. The lowest BCUT2D eigenvalue weighted by atomic mass is 10.2. The Kier molecular flexibility index (Phi) is 3.41. The molecule has 1 aliphatic rings. The number of H-pyrrole nitrogens is 1. The number of aromatic amines is 1. The minimum atomic E-state index is -0.719. The summed E-state index contributed by atoms with van der Waals surface area (Å²) in [7, 11) is 0. The van der Waals surface area contributed by atoms with Crippen LogP contribution in [0.2, 0.25) is 0 Å². The number of hydrogen-bond donors (Lipinski definition) is 2. The van der Waals surface area contributed by atoms with E-state index in [0.717, 1.165) is 0 Å². The molecule has 0 amide bonds. The Labute approximate surface area is 96.6 Å². The second-order valence-electron chi connectivity index (χ2n) is 3.71. The molecule has 0 aliphatic carbocycles. The van der Waals surface area contributed by atoms with Gasteiger partial charge in [-0.2, -0.15) is 0 Å². The molecule has 2 atom stereocenters. The van der Waals surface area contributed by atoms with Gasteiger partial charge in [0.1, 0.15) is 0 Å². The number of aromatic nitrogens is 2. The fourth-order valence-corrected chi connectivity index (χ4v) is 1.68. The van der Waals surface area contributed by atoms with Gasteiger partial charge in [0.05, 0.1) is 13.2 Å². The van der Waals surface area contributed by atoms with E-state index in [1.54, 1.807) is 0 Å². The van der Waals surface area contributed by atoms with E-state index < -0.39 is 18.2 Å². The summed E-state index contributed by atoms with van der Waals surface area (Å²) < 4.78 is 11.7. The van der Waals surface area contributed by atoms with Crippen LogP contribution in [0, 0.1) is 0 Å². The molecule has 7 nitrogen and oxygen atoms in total. The fourth-order valence-electron chi connectivity index (χ4n) is 1.68. The van der Waals surface area contributed by atoms with Crippen LogP contribution >= 0.6 is 0 Å². The summed E-state index contributed by atoms with van der Waals surface area (Å²) in [6.07, 6.45) is 0.660. The number of aliphatic hydroxyl groups is 1. The van der Waals surface area contributed by atoms with Gasteiger partial charge in [0.2, 0.25) is 0 Å². The van der Waals surface area contributed by atoms with Crippen molar-refractivity contribution in [3.8, 4) is 0 Å². The number of hydrogen-bond acceptors (Lipinski definition) is 5. The van der Waals surface area contributed by atoms with Crippen molar-refractivity contribution in [1.82, 2.24) is 9.55 Å². The van der Waals surface area contributed by atoms with Crippen molar-refractivity contribution in [2.75, 3.05) is 13.2 Å². The number of aryl methyl sites for hydroxylation is 1. The number of rotatable bonds is 3. The van der Waals surface area contributed by atoms with E-state index in [2.05, 4.69) is 4.98 Å². The third kappa shape index (κ3) is 2.31. The van der Waals surface area contributed by atoms with E-state index in [0.29, 0.717) is 12.0 Å².